The Hall–Kier alpha value is -4.04. The lowest BCUT2D eigenvalue weighted by Gasteiger charge is -2.23. The highest BCUT2D eigenvalue weighted by molar-refractivity contribution is 7.22. The van der Waals surface area contributed by atoms with Gasteiger partial charge in [-0.25, -0.2) is 9.37 Å². The van der Waals surface area contributed by atoms with Crippen LogP contribution in [0.2, 0.25) is 0 Å². The molecule has 1 atom stereocenters. The van der Waals surface area contributed by atoms with Crippen molar-refractivity contribution in [2.45, 2.75) is 13.0 Å². The lowest BCUT2D eigenvalue weighted by molar-refractivity contribution is -0.132. The minimum absolute atomic E-state index is 0.0969. The average molecular weight is 475 g/mol. The van der Waals surface area contributed by atoms with Gasteiger partial charge < -0.3 is 9.84 Å². The topological polar surface area (TPSA) is 79.7 Å². The van der Waals surface area contributed by atoms with Crippen LogP contribution in [0.1, 0.15) is 22.7 Å². The minimum atomic E-state index is -0.943. The van der Waals surface area contributed by atoms with Crippen LogP contribution in [-0.2, 0) is 9.59 Å². The Bertz CT molecular complexity index is 1480. The van der Waals surface area contributed by atoms with Gasteiger partial charge in [0.1, 0.15) is 17.3 Å². The number of amides is 1. The summed E-state index contributed by atoms with van der Waals surface area (Å²) in [4.78, 5) is 32.5. The molecule has 3 aromatic carbocycles. The molecule has 2 heterocycles. The van der Waals surface area contributed by atoms with E-state index in [2.05, 4.69) is 4.98 Å². The van der Waals surface area contributed by atoms with Crippen molar-refractivity contribution < 1.29 is 23.8 Å². The fraction of sp³-hybridized carbons (Fsp3) is 0.115. The van der Waals surface area contributed by atoms with Gasteiger partial charge in [0.05, 0.1) is 28.9 Å². The number of halogens is 1. The molecule has 0 radical (unpaired) electrons. The van der Waals surface area contributed by atoms with Gasteiger partial charge in [-0.1, -0.05) is 29.5 Å². The van der Waals surface area contributed by atoms with Crippen molar-refractivity contribution in [1.29, 1.82) is 0 Å². The highest BCUT2D eigenvalue weighted by Gasteiger charge is 2.48. The van der Waals surface area contributed by atoms with E-state index in [1.165, 1.54) is 47.6 Å². The number of anilines is 1. The van der Waals surface area contributed by atoms with E-state index in [0.717, 1.165) is 10.3 Å². The summed E-state index contributed by atoms with van der Waals surface area (Å²) < 4.78 is 19.7. The number of thiazole rings is 1. The molecule has 0 spiro atoms. The van der Waals surface area contributed by atoms with Gasteiger partial charge in [0.2, 0.25) is 0 Å². The molecule has 0 bridgehead atoms. The Morgan fingerprint density at radius 1 is 1.09 bits per heavy atom. The first-order valence-corrected chi connectivity index (χ1v) is 11.3. The Kier molecular flexibility index (Phi) is 5.37. The number of Topliss-reactive ketones (excluding diaryl/α,β-unsaturated/α-hetero) is 1. The van der Waals surface area contributed by atoms with Crippen molar-refractivity contribution in [2.75, 3.05) is 12.0 Å². The zero-order valence-corrected chi connectivity index (χ0v) is 19.1. The van der Waals surface area contributed by atoms with Gasteiger partial charge in [-0.15, -0.1) is 0 Å². The van der Waals surface area contributed by atoms with Crippen molar-refractivity contribution in [2.24, 2.45) is 0 Å². The van der Waals surface area contributed by atoms with Crippen LogP contribution in [-0.4, -0.2) is 28.9 Å². The number of ketones is 1. The zero-order valence-electron chi connectivity index (χ0n) is 18.3. The van der Waals surface area contributed by atoms with Crippen LogP contribution in [0.4, 0.5) is 9.52 Å². The second-order valence-corrected chi connectivity index (χ2v) is 8.93. The number of hydrogen-bond acceptors (Lipinski definition) is 6. The SMILES string of the molecule is COc1cccc([C@H]2C(=C(O)c3ccc(F)cc3)C(=O)C(=O)N2c2nc3ccc(C)cc3s2)c1. The number of aliphatic hydroxyl groups is 1. The molecular formula is C26H19FN2O4S. The lowest BCUT2D eigenvalue weighted by Crippen LogP contribution is -2.29. The van der Waals surface area contributed by atoms with Gasteiger partial charge in [0.25, 0.3) is 5.78 Å². The summed E-state index contributed by atoms with van der Waals surface area (Å²) in [6.45, 7) is 1.96. The molecule has 8 heteroatoms. The fourth-order valence-corrected chi connectivity index (χ4v) is 5.13. The van der Waals surface area contributed by atoms with Gasteiger partial charge in [-0.05, 0) is 66.6 Å². The molecule has 6 nitrogen and oxygen atoms in total. The van der Waals surface area contributed by atoms with E-state index in [1.54, 1.807) is 24.3 Å². The zero-order chi connectivity index (χ0) is 24.0. The number of carbonyl (C=O) groups excluding carboxylic acids is 2. The third kappa shape index (κ3) is 3.62. The van der Waals surface area contributed by atoms with Crippen LogP contribution in [0.5, 0.6) is 5.75 Å². The Balaban J connectivity index is 1.74. The van der Waals surface area contributed by atoms with Crippen molar-refractivity contribution in [1.82, 2.24) is 4.98 Å². The summed E-state index contributed by atoms with van der Waals surface area (Å²) in [5, 5.41) is 11.4. The first kappa shape index (κ1) is 21.8. The standard InChI is InChI=1S/C26H19FN2O4S/c1-14-6-11-19-20(12-14)34-26(28-19)29-22(16-4-3-5-18(13-16)33-2)21(24(31)25(29)32)23(30)15-7-9-17(27)10-8-15/h3-13,22,30H,1-2H3/t22-/m0/s1. The van der Waals surface area contributed by atoms with Crippen molar-refractivity contribution in [3.05, 3.63) is 94.8 Å². The molecule has 0 aliphatic carbocycles. The lowest BCUT2D eigenvalue weighted by atomic mass is 9.95. The summed E-state index contributed by atoms with van der Waals surface area (Å²) in [7, 11) is 1.52. The van der Waals surface area contributed by atoms with E-state index in [-0.39, 0.29) is 16.9 Å². The van der Waals surface area contributed by atoms with Crippen LogP contribution in [0, 0.1) is 12.7 Å². The molecular weight excluding hydrogens is 455 g/mol. The molecule has 0 unspecified atom stereocenters. The van der Waals surface area contributed by atoms with Crippen molar-refractivity contribution in [3.63, 3.8) is 0 Å². The van der Waals surface area contributed by atoms with Gasteiger partial charge in [0.15, 0.2) is 5.13 Å². The number of fused-ring (bicyclic) bond motifs is 1. The third-order valence-electron chi connectivity index (χ3n) is 5.71. The highest BCUT2D eigenvalue weighted by Crippen LogP contribution is 2.44. The number of nitrogens with zero attached hydrogens (tertiary/aromatic N) is 2. The van der Waals surface area contributed by atoms with E-state index in [4.69, 9.17) is 4.74 Å². The number of aliphatic hydroxyl groups excluding tert-OH is 1. The van der Waals surface area contributed by atoms with Crippen molar-refractivity contribution >= 4 is 44.1 Å². The van der Waals surface area contributed by atoms with Gasteiger partial charge in [-0.3, -0.25) is 14.5 Å². The Morgan fingerprint density at radius 3 is 2.59 bits per heavy atom. The molecule has 4 aromatic rings. The molecule has 1 aliphatic heterocycles. The fourth-order valence-electron chi connectivity index (χ4n) is 4.04. The quantitative estimate of drug-likeness (QED) is 0.244. The molecule has 1 aliphatic rings. The summed E-state index contributed by atoms with van der Waals surface area (Å²) in [6, 6.07) is 16.8. The number of aromatic nitrogens is 1. The monoisotopic (exact) mass is 474 g/mol. The molecule has 0 saturated carbocycles. The molecule has 1 fully saturated rings. The molecule has 1 aromatic heterocycles. The number of ether oxygens (including phenoxy) is 1. The van der Waals surface area contributed by atoms with E-state index in [1.807, 2.05) is 25.1 Å². The summed E-state index contributed by atoms with van der Waals surface area (Å²) in [6.07, 6.45) is 0. The number of benzene rings is 3. The second-order valence-electron chi connectivity index (χ2n) is 7.92. The van der Waals surface area contributed by atoms with Crippen LogP contribution >= 0.6 is 11.3 Å². The van der Waals surface area contributed by atoms with Gasteiger partial charge in [0, 0.05) is 5.56 Å². The predicted octanol–water partition coefficient (Wildman–Crippen LogP) is 5.38. The smallest absolute Gasteiger partial charge is 0.301 e. The predicted molar refractivity (Wildman–Crippen MR) is 129 cm³/mol. The first-order valence-electron chi connectivity index (χ1n) is 10.5. The maximum absolute atomic E-state index is 13.5. The molecule has 34 heavy (non-hydrogen) atoms. The largest absolute Gasteiger partial charge is 0.507 e. The highest BCUT2D eigenvalue weighted by atomic mass is 32.1. The number of methoxy groups -OCH3 is 1. The minimum Gasteiger partial charge on any atom is -0.507 e. The number of rotatable bonds is 4. The van der Waals surface area contributed by atoms with E-state index >= 15 is 0 Å². The maximum Gasteiger partial charge on any atom is 0.301 e. The average Bonchev–Trinajstić information content (AvgIpc) is 3.37. The number of carbonyl (C=O) groups is 2. The van der Waals surface area contributed by atoms with Gasteiger partial charge in [-0.2, -0.15) is 0 Å². The van der Waals surface area contributed by atoms with Gasteiger partial charge >= 0.3 is 5.91 Å². The van der Waals surface area contributed by atoms with E-state index in [9.17, 15) is 19.1 Å². The maximum atomic E-state index is 13.5. The molecule has 1 saturated heterocycles. The van der Waals surface area contributed by atoms with Crippen LogP contribution in [0.25, 0.3) is 16.0 Å². The van der Waals surface area contributed by atoms with E-state index < -0.39 is 23.5 Å². The number of aryl methyl sites for hydroxylation is 1. The Labute approximate surface area is 198 Å². The summed E-state index contributed by atoms with van der Waals surface area (Å²) in [5.74, 6) is -1.97. The summed E-state index contributed by atoms with van der Waals surface area (Å²) >= 11 is 1.29. The first-order chi connectivity index (χ1) is 16.4. The third-order valence-corrected chi connectivity index (χ3v) is 6.73. The molecule has 1 amide bonds. The van der Waals surface area contributed by atoms with Crippen LogP contribution in [0.3, 0.4) is 0 Å². The summed E-state index contributed by atoms with van der Waals surface area (Å²) in [5.41, 5.74) is 2.45. The second kappa shape index (κ2) is 8.39. The van der Waals surface area contributed by atoms with E-state index in [0.29, 0.717) is 22.0 Å². The normalized spacial score (nSPS) is 17.5. The van der Waals surface area contributed by atoms with Crippen LogP contribution < -0.4 is 9.64 Å². The number of hydrogen-bond donors (Lipinski definition) is 1. The Morgan fingerprint density at radius 2 is 1.85 bits per heavy atom. The molecule has 1 N–H and O–H groups in total. The van der Waals surface area contributed by atoms with Crippen LogP contribution in [0.15, 0.2) is 72.3 Å². The van der Waals surface area contributed by atoms with Crippen molar-refractivity contribution in [3.8, 4) is 5.75 Å². The molecule has 170 valence electrons. The molecule has 5 rings (SSSR count).